The van der Waals surface area contributed by atoms with Crippen molar-refractivity contribution in [3.05, 3.63) is 0 Å². The predicted octanol–water partition coefficient (Wildman–Crippen LogP) is -0.286. The minimum Gasteiger partial charge on any atom is -0.382 e. The molecule has 0 aliphatic carbocycles. The molecule has 0 radical (unpaired) electrons. The van der Waals surface area contributed by atoms with E-state index in [0.29, 0.717) is 33.0 Å². The van der Waals surface area contributed by atoms with E-state index in [2.05, 4.69) is 11.8 Å². The first-order chi connectivity index (χ1) is 9.26. The van der Waals surface area contributed by atoms with Gasteiger partial charge in [0.25, 0.3) is 0 Å². The van der Waals surface area contributed by atoms with E-state index in [1.807, 2.05) is 0 Å². The number of hydrogen-bond acceptors (Lipinski definition) is 6. The van der Waals surface area contributed by atoms with Crippen LogP contribution in [0.3, 0.4) is 0 Å². The Morgan fingerprint density at radius 2 is 1.79 bits per heavy atom. The lowest BCUT2D eigenvalue weighted by Crippen LogP contribution is -2.50. The summed E-state index contributed by atoms with van der Waals surface area (Å²) < 4.78 is 21.5. The molecule has 19 heavy (non-hydrogen) atoms. The van der Waals surface area contributed by atoms with Crippen molar-refractivity contribution in [2.45, 2.75) is 19.1 Å². The third-order valence-electron chi connectivity index (χ3n) is 3.02. The van der Waals surface area contributed by atoms with Gasteiger partial charge in [-0.05, 0) is 6.92 Å². The monoisotopic (exact) mass is 276 g/mol. The number of ether oxygens (including phenoxy) is 4. The molecule has 2 N–H and O–H groups in total. The Morgan fingerprint density at radius 3 is 2.47 bits per heavy atom. The molecule has 0 aromatic carbocycles. The maximum absolute atomic E-state index is 5.71. The van der Waals surface area contributed by atoms with E-state index in [-0.39, 0.29) is 12.2 Å². The maximum Gasteiger partial charge on any atom is 0.0828 e. The molecule has 1 aliphatic heterocycles. The summed E-state index contributed by atoms with van der Waals surface area (Å²) in [4.78, 5) is 2.34. The molecule has 6 heteroatoms. The van der Waals surface area contributed by atoms with Crippen LogP contribution in [0.4, 0.5) is 0 Å². The molecule has 0 bridgehead atoms. The van der Waals surface area contributed by atoms with Crippen LogP contribution in [0, 0.1) is 0 Å². The lowest BCUT2D eigenvalue weighted by molar-refractivity contribution is -0.0779. The first-order valence-electron chi connectivity index (χ1n) is 6.98. The van der Waals surface area contributed by atoms with Crippen molar-refractivity contribution in [3.8, 4) is 0 Å². The number of nitrogens with two attached hydrogens (primary N) is 1. The van der Waals surface area contributed by atoms with E-state index in [9.17, 15) is 0 Å². The summed E-state index contributed by atoms with van der Waals surface area (Å²) in [6, 6.07) is 0. The third kappa shape index (κ3) is 7.81. The topological polar surface area (TPSA) is 66.2 Å². The van der Waals surface area contributed by atoms with Crippen molar-refractivity contribution in [3.63, 3.8) is 0 Å². The summed E-state index contributed by atoms with van der Waals surface area (Å²) in [6.07, 6.45) is 0.404. The molecular formula is C13H28N2O4. The highest BCUT2D eigenvalue weighted by atomic mass is 16.5. The Labute approximate surface area is 116 Å². The van der Waals surface area contributed by atoms with Crippen LogP contribution in [0.15, 0.2) is 0 Å². The lowest BCUT2D eigenvalue weighted by atomic mass is 10.2. The molecule has 0 spiro atoms. The fourth-order valence-corrected chi connectivity index (χ4v) is 2.11. The van der Waals surface area contributed by atoms with Crippen LogP contribution in [0.5, 0.6) is 0 Å². The minimum absolute atomic E-state index is 0.154. The van der Waals surface area contributed by atoms with E-state index < -0.39 is 0 Å². The van der Waals surface area contributed by atoms with Crippen LogP contribution in [0.2, 0.25) is 0 Å². The van der Waals surface area contributed by atoms with Gasteiger partial charge >= 0.3 is 0 Å². The molecule has 6 nitrogen and oxygen atoms in total. The maximum atomic E-state index is 5.71. The van der Waals surface area contributed by atoms with Gasteiger partial charge in [0.15, 0.2) is 0 Å². The first kappa shape index (κ1) is 16.8. The summed E-state index contributed by atoms with van der Waals surface area (Å²) in [5.41, 5.74) is 5.65. The molecule has 0 saturated carbocycles. The van der Waals surface area contributed by atoms with E-state index in [1.165, 1.54) is 0 Å². The third-order valence-corrected chi connectivity index (χ3v) is 3.02. The van der Waals surface area contributed by atoms with Gasteiger partial charge in [-0.1, -0.05) is 0 Å². The highest BCUT2D eigenvalue weighted by Gasteiger charge is 2.23. The quantitative estimate of drug-likeness (QED) is 0.553. The molecule has 1 fully saturated rings. The van der Waals surface area contributed by atoms with Gasteiger partial charge in [-0.15, -0.1) is 0 Å². The molecule has 1 saturated heterocycles. The van der Waals surface area contributed by atoms with E-state index >= 15 is 0 Å². The second-order valence-corrected chi connectivity index (χ2v) is 4.78. The van der Waals surface area contributed by atoms with Crippen LogP contribution in [-0.2, 0) is 18.9 Å². The molecule has 1 heterocycles. The Hall–Kier alpha value is -0.240. The lowest BCUT2D eigenvalue weighted by Gasteiger charge is -2.36. The van der Waals surface area contributed by atoms with Crippen molar-refractivity contribution < 1.29 is 18.9 Å². The van der Waals surface area contributed by atoms with E-state index in [0.717, 1.165) is 26.2 Å². The molecule has 2 atom stereocenters. The van der Waals surface area contributed by atoms with Gasteiger partial charge in [0.2, 0.25) is 0 Å². The summed E-state index contributed by atoms with van der Waals surface area (Å²) >= 11 is 0. The van der Waals surface area contributed by atoms with Crippen molar-refractivity contribution in [1.29, 1.82) is 0 Å². The minimum atomic E-state index is 0.154. The Kier molecular flexibility index (Phi) is 9.32. The molecule has 1 aliphatic rings. The van der Waals surface area contributed by atoms with Gasteiger partial charge < -0.3 is 24.7 Å². The van der Waals surface area contributed by atoms with Gasteiger partial charge in [0.1, 0.15) is 0 Å². The molecule has 0 amide bonds. The van der Waals surface area contributed by atoms with Crippen LogP contribution in [0.25, 0.3) is 0 Å². The van der Waals surface area contributed by atoms with Crippen LogP contribution >= 0.6 is 0 Å². The highest BCUT2D eigenvalue weighted by molar-refractivity contribution is 4.75. The van der Waals surface area contributed by atoms with Crippen LogP contribution < -0.4 is 5.73 Å². The largest absolute Gasteiger partial charge is 0.382 e. The molecule has 2 unspecified atom stereocenters. The molecular weight excluding hydrogens is 248 g/mol. The van der Waals surface area contributed by atoms with Crippen molar-refractivity contribution in [2.75, 3.05) is 66.3 Å². The summed E-state index contributed by atoms with van der Waals surface area (Å²) in [7, 11) is 1.66. The van der Waals surface area contributed by atoms with Gasteiger partial charge in [-0.2, -0.15) is 0 Å². The smallest absolute Gasteiger partial charge is 0.0828 e. The first-order valence-corrected chi connectivity index (χ1v) is 6.98. The Balaban J connectivity index is 1.96. The fraction of sp³-hybridized carbons (Fsp3) is 1.00. The molecule has 114 valence electrons. The zero-order chi connectivity index (χ0) is 13.9. The average Bonchev–Trinajstić information content (AvgIpc) is 2.41. The second-order valence-electron chi connectivity index (χ2n) is 4.78. The summed E-state index contributed by atoms with van der Waals surface area (Å²) in [5.74, 6) is 0. The normalized spacial score (nSPS) is 24.8. The zero-order valence-electron chi connectivity index (χ0n) is 12.2. The predicted molar refractivity (Wildman–Crippen MR) is 73.3 cm³/mol. The molecule has 0 aromatic rings. The molecule has 0 aromatic heterocycles. The summed E-state index contributed by atoms with van der Waals surface area (Å²) in [5, 5.41) is 0. The zero-order valence-corrected chi connectivity index (χ0v) is 12.2. The van der Waals surface area contributed by atoms with E-state index in [1.54, 1.807) is 7.11 Å². The number of hydrogen-bond donors (Lipinski definition) is 1. The summed E-state index contributed by atoms with van der Waals surface area (Å²) in [6.45, 7) is 8.65. The Morgan fingerprint density at radius 1 is 1.11 bits per heavy atom. The van der Waals surface area contributed by atoms with Crippen LogP contribution in [-0.4, -0.2) is 83.4 Å². The number of morpholine rings is 1. The highest BCUT2D eigenvalue weighted by Crippen LogP contribution is 2.09. The molecule has 1 rings (SSSR count). The number of methoxy groups -OCH3 is 1. The van der Waals surface area contributed by atoms with Gasteiger partial charge in [-0.3, -0.25) is 4.90 Å². The van der Waals surface area contributed by atoms with Crippen molar-refractivity contribution in [2.24, 2.45) is 5.73 Å². The van der Waals surface area contributed by atoms with Crippen molar-refractivity contribution in [1.82, 2.24) is 4.90 Å². The second kappa shape index (κ2) is 10.5. The number of rotatable bonds is 10. The number of nitrogens with zero attached hydrogens (tertiary/aromatic N) is 1. The standard InChI is InChI=1S/C13H28N2O4/c1-12-10-15(11-13(9-14)19-12)3-4-17-7-8-18-6-5-16-2/h12-13H,3-11,14H2,1-2H3. The average molecular weight is 276 g/mol. The van der Waals surface area contributed by atoms with Gasteiger partial charge in [0.05, 0.1) is 45.2 Å². The van der Waals surface area contributed by atoms with Gasteiger partial charge in [0, 0.05) is 33.3 Å². The Bertz CT molecular complexity index is 219. The van der Waals surface area contributed by atoms with Crippen LogP contribution in [0.1, 0.15) is 6.92 Å². The van der Waals surface area contributed by atoms with Gasteiger partial charge in [-0.25, -0.2) is 0 Å². The van der Waals surface area contributed by atoms with Crippen molar-refractivity contribution >= 4 is 0 Å². The van der Waals surface area contributed by atoms with E-state index in [4.69, 9.17) is 24.7 Å². The SMILES string of the molecule is COCCOCCOCCN1CC(C)OC(CN)C1. The fourth-order valence-electron chi connectivity index (χ4n) is 2.11.